The van der Waals surface area contributed by atoms with Gasteiger partial charge in [0.15, 0.2) is 0 Å². The van der Waals surface area contributed by atoms with E-state index >= 15 is 0 Å². The smallest absolute Gasteiger partial charge is 0.219 e. The van der Waals surface area contributed by atoms with E-state index in [0.717, 1.165) is 39.1 Å². The van der Waals surface area contributed by atoms with Crippen molar-refractivity contribution >= 4 is 5.91 Å². The molecule has 0 aromatic rings. The molecule has 1 unspecified atom stereocenters. The van der Waals surface area contributed by atoms with Crippen LogP contribution in [0.1, 0.15) is 19.8 Å². The Kier molecular flexibility index (Phi) is 1.83. The second-order valence-electron chi connectivity index (χ2n) is 3.99. The van der Waals surface area contributed by atoms with Crippen molar-refractivity contribution < 1.29 is 9.53 Å². The van der Waals surface area contributed by atoms with Gasteiger partial charge in [0, 0.05) is 32.0 Å². The van der Waals surface area contributed by atoms with Crippen LogP contribution in [0.15, 0.2) is 0 Å². The summed E-state index contributed by atoms with van der Waals surface area (Å²) in [6.45, 7) is 5.23. The van der Waals surface area contributed by atoms with E-state index in [1.165, 1.54) is 0 Å². The summed E-state index contributed by atoms with van der Waals surface area (Å²) in [5.74, 6) is 0.207. The largest absolute Gasteiger partial charge is 0.381 e. The third-order valence-electron chi connectivity index (χ3n) is 3.07. The molecule has 1 amide bonds. The standard InChI is InChI=1S/C9H15NO2/c1-8(11)10-4-2-9(6-10)3-5-12-7-9/h2-7H2,1H3. The SMILES string of the molecule is CC(=O)N1CCC2(CCOC2)C1. The van der Waals surface area contributed by atoms with Gasteiger partial charge in [-0.1, -0.05) is 0 Å². The van der Waals surface area contributed by atoms with Gasteiger partial charge in [0.05, 0.1) is 6.61 Å². The second-order valence-corrected chi connectivity index (χ2v) is 3.99. The van der Waals surface area contributed by atoms with E-state index in [9.17, 15) is 4.79 Å². The molecule has 2 aliphatic rings. The van der Waals surface area contributed by atoms with Gasteiger partial charge in [0.1, 0.15) is 0 Å². The zero-order valence-corrected chi connectivity index (χ0v) is 7.51. The van der Waals surface area contributed by atoms with E-state index in [4.69, 9.17) is 4.74 Å². The lowest BCUT2D eigenvalue weighted by atomic mass is 9.87. The molecule has 3 heteroatoms. The lowest BCUT2D eigenvalue weighted by Gasteiger charge is -2.20. The van der Waals surface area contributed by atoms with Crippen LogP contribution in [-0.2, 0) is 9.53 Å². The summed E-state index contributed by atoms with van der Waals surface area (Å²) in [4.78, 5) is 13.0. The minimum atomic E-state index is 0.207. The zero-order chi connectivity index (χ0) is 8.60. The predicted molar refractivity (Wildman–Crippen MR) is 44.7 cm³/mol. The van der Waals surface area contributed by atoms with Crippen LogP contribution in [0.4, 0.5) is 0 Å². The number of hydrogen-bond acceptors (Lipinski definition) is 2. The van der Waals surface area contributed by atoms with Gasteiger partial charge < -0.3 is 9.64 Å². The highest BCUT2D eigenvalue weighted by Crippen LogP contribution is 2.37. The van der Waals surface area contributed by atoms with E-state index in [0.29, 0.717) is 5.41 Å². The Morgan fingerprint density at radius 3 is 2.83 bits per heavy atom. The van der Waals surface area contributed by atoms with Gasteiger partial charge in [0.25, 0.3) is 0 Å². The molecule has 0 aromatic carbocycles. The molecule has 0 radical (unpaired) electrons. The normalized spacial score (nSPS) is 34.9. The van der Waals surface area contributed by atoms with Crippen molar-refractivity contribution in [2.24, 2.45) is 5.41 Å². The minimum absolute atomic E-state index is 0.207. The first kappa shape index (κ1) is 8.05. The number of carbonyl (C=O) groups is 1. The number of nitrogens with zero attached hydrogens (tertiary/aromatic N) is 1. The third kappa shape index (κ3) is 1.22. The van der Waals surface area contributed by atoms with Crippen LogP contribution in [0, 0.1) is 5.41 Å². The summed E-state index contributed by atoms with van der Waals surface area (Å²) >= 11 is 0. The van der Waals surface area contributed by atoms with Gasteiger partial charge in [-0.25, -0.2) is 0 Å². The molecule has 0 aliphatic carbocycles. The van der Waals surface area contributed by atoms with Crippen molar-refractivity contribution in [3.8, 4) is 0 Å². The van der Waals surface area contributed by atoms with Gasteiger partial charge in [-0.15, -0.1) is 0 Å². The average molecular weight is 169 g/mol. The van der Waals surface area contributed by atoms with Crippen LogP contribution in [0.2, 0.25) is 0 Å². The molecule has 2 fully saturated rings. The molecule has 1 spiro atoms. The number of ether oxygens (including phenoxy) is 1. The topological polar surface area (TPSA) is 29.5 Å². The van der Waals surface area contributed by atoms with E-state index in [-0.39, 0.29) is 5.91 Å². The zero-order valence-electron chi connectivity index (χ0n) is 7.51. The number of carbonyl (C=O) groups excluding carboxylic acids is 1. The lowest BCUT2D eigenvalue weighted by Crippen LogP contribution is -2.30. The molecular weight excluding hydrogens is 154 g/mol. The molecule has 12 heavy (non-hydrogen) atoms. The molecule has 2 aliphatic heterocycles. The van der Waals surface area contributed by atoms with Crippen LogP contribution < -0.4 is 0 Å². The maximum absolute atomic E-state index is 11.1. The molecular formula is C9H15NO2. The summed E-state index contributed by atoms with van der Waals surface area (Å²) in [5.41, 5.74) is 0.325. The molecule has 0 N–H and O–H groups in total. The summed E-state index contributed by atoms with van der Waals surface area (Å²) in [7, 11) is 0. The van der Waals surface area contributed by atoms with Crippen molar-refractivity contribution in [1.29, 1.82) is 0 Å². The fourth-order valence-corrected chi connectivity index (χ4v) is 2.18. The maximum atomic E-state index is 11.1. The van der Waals surface area contributed by atoms with Gasteiger partial charge in [0.2, 0.25) is 5.91 Å². The molecule has 1 atom stereocenters. The Balaban J connectivity index is 2.01. The maximum Gasteiger partial charge on any atom is 0.219 e. The highest BCUT2D eigenvalue weighted by atomic mass is 16.5. The first-order chi connectivity index (χ1) is 5.72. The number of likely N-dealkylation sites (tertiary alicyclic amines) is 1. The van der Waals surface area contributed by atoms with E-state index in [1.54, 1.807) is 6.92 Å². The molecule has 2 saturated heterocycles. The average Bonchev–Trinajstić information content (AvgIpc) is 2.62. The van der Waals surface area contributed by atoms with Crippen molar-refractivity contribution in [1.82, 2.24) is 4.90 Å². The van der Waals surface area contributed by atoms with Crippen molar-refractivity contribution in [3.05, 3.63) is 0 Å². The Labute approximate surface area is 72.7 Å². The molecule has 3 nitrogen and oxygen atoms in total. The van der Waals surface area contributed by atoms with E-state index in [1.807, 2.05) is 4.90 Å². The predicted octanol–water partition coefficient (Wildman–Crippen LogP) is 0.645. The van der Waals surface area contributed by atoms with Crippen molar-refractivity contribution in [2.75, 3.05) is 26.3 Å². The lowest BCUT2D eigenvalue weighted by molar-refractivity contribution is -0.128. The molecule has 0 aromatic heterocycles. The first-order valence-corrected chi connectivity index (χ1v) is 4.55. The van der Waals surface area contributed by atoms with Gasteiger partial charge in [-0.2, -0.15) is 0 Å². The van der Waals surface area contributed by atoms with Crippen LogP contribution in [0.3, 0.4) is 0 Å². The molecule has 0 bridgehead atoms. The van der Waals surface area contributed by atoms with Crippen LogP contribution >= 0.6 is 0 Å². The third-order valence-corrected chi connectivity index (χ3v) is 3.07. The minimum Gasteiger partial charge on any atom is -0.381 e. The van der Waals surface area contributed by atoms with Crippen LogP contribution in [-0.4, -0.2) is 37.1 Å². The first-order valence-electron chi connectivity index (χ1n) is 4.55. The Morgan fingerprint density at radius 1 is 1.50 bits per heavy atom. The molecule has 0 saturated carbocycles. The summed E-state index contributed by atoms with van der Waals surface area (Å²) in [5, 5.41) is 0. The van der Waals surface area contributed by atoms with Gasteiger partial charge >= 0.3 is 0 Å². The molecule has 68 valence electrons. The fraction of sp³-hybridized carbons (Fsp3) is 0.889. The van der Waals surface area contributed by atoms with E-state index in [2.05, 4.69) is 0 Å². The van der Waals surface area contributed by atoms with Crippen LogP contribution in [0.25, 0.3) is 0 Å². The fourth-order valence-electron chi connectivity index (χ4n) is 2.18. The number of rotatable bonds is 0. The van der Waals surface area contributed by atoms with Gasteiger partial charge in [-0.3, -0.25) is 4.79 Å². The van der Waals surface area contributed by atoms with Crippen molar-refractivity contribution in [2.45, 2.75) is 19.8 Å². The molecule has 2 heterocycles. The van der Waals surface area contributed by atoms with E-state index < -0.39 is 0 Å². The number of amides is 1. The number of hydrogen-bond donors (Lipinski definition) is 0. The quantitative estimate of drug-likeness (QED) is 0.532. The van der Waals surface area contributed by atoms with Gasteiger partial charge in [-0.05, 0) is 12.8 Å². The second kappa shape index (κ2) is 2.73. The highest BCUT2D eigenvalue weighted by molar-refractivity contribution is 5.73. The van der Waals surface area contributed by atoms with Crippen LogP contribution in [0.5, 0.6) is 0 Å². The summed E-state index contributed by atoms with van der Waals surface area (Å²) < 4.78 is 5.37. The monoisotopic (exact) mass is 169 g/mol. The Morgan fingerprint density at radius 2 is 2.33 bits per heavy atom. The summed E-state index contributed by atoms with van der Waals surface area (Å²) in [6, 6.07) is 0. The Hall–Kier alpha value is -0.570. The highest BCUT2D eigenvalue weighted by Gasteiger charge is 2.41. The van der Waals surface area contributed by atoms with Crippen molar-refractivity contribution in [3.63, 3.8) is 0 Å². The Bertz CT molecular complexity index is 197. The molecule has 2 rings (SSSR count). The summed E-state index contributed by atoms with van der Waals surface area (Å²) in [6.07, 6.45) is 2.27.